The number of ether oxygens (including phenoxy) is 2. The lowest BCUT2D eigenvalue weighted by atomic mass is 10.1. The van der Waals surface area contributed by atoms with Crippen LogP contribution in [0.3, 0.4) is 0 Å². The third kappa shape index (κ3) is 4.83. The van der Waals surface area contributed by atoms with E-state index in [9.17, 15) is 0 Å². The van der Waals surface area contributed by atoms with Gasteiger partial charge in [-0.3, -0.25) is 4.90 Å². The van der Waals surface area contributed by atoms with Gasteiger partial charge < -0.3 is 14.0 Å². The Labute approximate surface area is 162 Å². The summed E-state index contributed by atoms with van der Waals surface area (Å²) < 4.78 is 17.4. The topological polar surface area (TPSA) is 47.7 Å². The molecular weight excluding hydrogens is 340 g/mol. The minimum atomic E-state index is 0.125. The molecule has 27 heavy (non-hydrogen) atoms. The molecule has 1 saturated heterocycles. The van der Waals surface area contributed by atoms with E-state index in [4.69, 9.17) is 14.0 Å². The molecule has 0 spiro atoms. The summed E-state index contributed by atoms with van der Waals surface area (Å²) in [6.07, 6.45) is 2.41. The lowest BCUT2D eigenvalue weighted by Gasteiger charge is -2.23. The Morgan fingerprint density at radius 1 is 1.19 bits per heavy atom. The lowest BCUT2D eigenvalue weighted by Crippen LogP contribution is -2.22. The molecule has 148 valence electrons. The number of nitrogens with zero attached hydrogens (tertiary/aromatic N) is 2. The van der Waals surface area contributed by atoms with Crippen molar-refractivity contribution in [2.45, 2.75) is 72.1 Å². The molecule has 0 amide bonds. The van der Waals surface area contributed by atoms with Gasteiger partial charge in [-0.2, -0.15) is 0 Å². The maximum absolute atomic E-state index is 5.88. The first-order chi connectivity index (χ1) is 13.0. The fourth-order valence-corrected chi connectivity index (χ4v) is 3.58. The van der Waals surface area contributed by atoms with E-state index in [2.05, 4.69) is 42.1 Å². The standard InChI is InChI=1S/C22H32N2O3/c1-6-25-22-12-17(9-10-20(22)26-16(4)5)14-24-11-7-8-19(24)21-13-18(15(2)3)23-27-21/h9-10,12-13,15-16,19H,6-8,11,14H2,1-5H3. The molecule has 0 radical (unpaired) electrons. The quantitative estimate of drug-likeness (QED) is 0.627. The second-order valence-corrected chi connectivity index (χ2v) is 7.82. The molecule has 1 unspecified atom stereocenters. The number of hydrogen-bond donors (Lipinski definition) is 0. The molecule has 1 aromatic carbocycles. The molecule has 0 aliphatic carbocycles. The van der Waals surface area contributed by atoms with E-state index < -0.39 is 0 Å². The Morgan fingerprint density at radius 2 is 2.00 bits per heavy atom. The highest BCUT2D eigenvalue weighted by Crippen LogP contribution is 2.36. The zero-order chi connectivity index (χ0) is 19.4. The van der Waals surface area contributed by atoms with Gasteiger partial charge in [0.25, 0.3) is 0 Å². The van der Waals surface area contributed by atoms with Crippen LogP contribution < -0.4 is 9.47 Å². The Kier molecular flexibility index (Phi) is 6.42. The Bertz CT molecular complexity index is 739. The maximum Gasteiger partial charge on any atom is 0.161 e. The summed E-state index contributed by atoms with van der Waals surface area (Å²) in [6.45, 7) is 12.9. The van der Waals surface area contributed by atoms with Gasteiger partial charge in [0.2, 0.25) is 0 Å². The number of hydrogen-bond acceptors (Lipinski definition) is 5. The fraction of sp³-hybridized carbons (Fsp3) is 0.591. The average Bonchev–Trinajstić information content (AvgIpc) is 3.26. The van der Waals surface area contributed by atoms with Crippen molar-refractivity contribution in [2.24, 2.45) is 0 Å². The van der Waals surface area contributed by atoms with Gasteiger partial charge in [0.15, 0.2) is 17.3 Å². The highest BCUT2D eigenvalue weighted by Gasteiger charge is 2.29. The Morgan fingerprint density at radius 3 is 2.67 bits per heavy atom. The van der Waals surface area contributed by atoms with E-state index in [1.165, 1.54) is 12.0 Å². The number of benzene rings is 1. The number of aromatic nitrogens is 1. The summed E-state index contributed by atoms with van der Waals surface area (Å²) in [7, 11) is 0. The molecule has 2 aromatic rings. The van der Waals surface area contributed by atoms with Crippen LogP contribution in [0.2, 0.25) is 0 Å². The smallest absolute Gasteiger partial charge is 0.161 e. The molecule has 1 fully saturated rings. The van der Waals surface area contributed by atoms with Crippen LogP contribution in [0.25, 0.3) is 0 Å². The predicted molar refractivity (Wildman–Crippen MR) is 106 cm³/mol. The lowest BCUT2D eigenvalue weighted by molar-refractivity contribution is 0.205. The molecule has 1 aliphatic rings. The minimum absolute atomic E-state index is 0.125. The molecular formula is C22H32N2O3. The largest absolute Gasteiger partial charge is 0.490 e. The molecule has 5 nitrogen and oxygen atoms in total. The molecule has 1 aliphatic heterocycles. The van der Waals surface area contributed by atoms with Crippen LogP contribution in [0.4, 0.5) is 0 Å². The summed E-state index contributed by atoms with van der Waals surface area (Å²) in [5, 5.41) is 4.24. The third-order valence-electron chi connectivity index (χ3n) is 4.89. The van der Waals surface area contributed by atoms with Gasteiger partial charge in [0.05, 0.1) is 24.4 Å². The summed E-state index contributed by atoms with van der Waals surface area (Å²) in [6, 6.07) is 8.69. The zero-order valence-electron chi connectivity index (χ0n) is 17.2. The van der Waals surface area contributed by atoms with Crippen LogP contribution in [-0.4, -0.2) is 29.3 Å². The van der Waals surface area contributed by atoms with Crippen LogP contribution >= 0.6 is 0 Å². The zero-order valence-corrected chi connectivity index (χ0v) is 17.2. The molecule has 1 aromatic heterocycles. The summed E-state index contributed by atoms with van der Waals surface area (Å²) in [4.78, 5) is 2.47. The molecule has 0 N–H and O–H groups in total. The first-order valence-corrected chi connectivity index (χ1v) is 10.1. The fourth-order valence-electron chi connectivity index (χ4n) is 3.58. The number of rotatable bonds is 8. The van der Waals surface area contributed by atoms with Crippen molar-refractivity contribution in [2.75, 3.05) is 13.2 Å². The normalized spacial score (nSPS) is 17.8. The summed E-state index contributed by atoms with van der Waals surface area (Å²) in [5.74, 6) is 3.01. The van der Waals surface area contributed by atoms with Crippen LogP contribution in [0, 0.1) is 0 Å². The summed E-state index contributed by atoms with van der Waals surface area (Å²) in [5.41, 5.74) is 2.26. The molecule has 0 bridgehead atoms. The molecule has 1 atom stereocenters. The maximum atomic E-state index is 5.88. The van der Waals surface area contributed by atoms with Crippen molar-refractivity contribution < 1.29 is 14.0 Å². The van der Waals surface area contributed by atoms with Gasteiger partial charge in [0.1, 0.15) is 0 Å². The average molecular weight is 373 g/mol. The molecule has 2 heterocycles. The van der Waals surface area contributed by atoms with Crippen molar-refractivity contribution >= 4 is 0 Å². The first kappa shape index (κ1) is 19.7. The molecule has 0 saturated carbocycles. The van der Waals surface area contributed by atoms with Gasteiger partial charge in [-0.05, 0) is 63.8 Å². The molecule has 5 heteroatoms. The van der Waals surface area contributed by atoms with Crippen molar-refractivity contribution in [3.63, 3.8) is 0 Å². The van der Waals surface area contributed by atoms with Gasteiger partial charge in [-0.25, -0.2) is 0 Å². The van der Waals surface area contributed by atoms with E-state index in [0.29, 0.717) is 18.6 Å². The predicted octanol–water partition coefficient (Wildman–Crippen LogP) is 5.32. The highest BCUT2D eigenvalue weighted by atomic mass is 16.5. The molecule has 3 rings (SSSR count). The van der Waals surface area contributed by atoms with E-state index in [1.54, 1.807) is 0 Å². The van der Waals surface area contributed by atoms with Gasteiger partial charge in [-0.15, -0.1) is 0 Å². The van der Waals surface area contributed by atoms with E-state index in [-0.39, 0.29) is 6.10 Å². The Hall–Kier alpha value is -2.01. The van der Waals surface area contributed by atoms with E-state index in [0.717, 1.165) is 42.5 Å². The van der Waals surface area contributed by atoms with Crippen LogP contribution in [0.1, 0.15) is 76.4 Å². The van der Waals surface area contributed by atoms with E-state index in [1.807, 2.05) is 26.8 Å². The second kappa shape index (κ2) is 8.79. The van der Waals surface area contributed by atoms with Crippen LogP contribution in [0.5, 0.6) is 11.5 Å². The Balaban J connectivity index is 1.75. The van der Waals surface area contributed by atoms with Crippen LogP contribution in [-0.2, 0) is 6.54 Å². The number of likely N-dealkylation sites (tertiary alicyclic amines) is 1. The highest BCUT2D eigenvalue weighted by molar-refractivity contribution is 5.43. The minimum Gasteiger partial charge on any atom is -0.490 e. The second-order valence-electron chi connectivity index (χ2n) is 7.82. The van der Waals surface area contributed by atoms with Crippen LogP contribution in [0.15, 0.2) is 28.8 Å². The van der Waals surface area contributed by atoms with Gasteiger partial charge in [-0.1, -0.05) is 25.1 Å². The van der Waals surface area contributed by atoms with E-state index >= 15 is 0 Å². The monoisotopic (exact) mass is 372 g/mol. The SMILES string of the molecule is CCOc1cc(CN2CCCC2c2cc(C(C)C)no2)ccc1OC(C)C. The third-order valence-corrected chi connectivity index (χ3v) is 4.89. The van der Waals surface area contributed by atoms with Gasteiger partial charge in [0, 0.05) is 12.6 Å². The van der Waals surface area contributed by atoms with Crippen molar-refractivity contribution in [1.29, 1.82) is 0 Å². The van der Waals surface area contributed by atoms with Crippen molar-refractivity contribution in [3.8, 4) is 11.5 Å². The summed E-state index contributed by atoms with van der Waals surface area (Å²) >= 11 is 0. The van der Waals surface area contributed by atoms with Crippen molar-refractivity contribution in [3.05, 3.63) is 41.3 Å². The first-order valence-electron chi connectivity index (χ1n) is 10.1. The van der Waals surface area contributed by atoms with Gasteiger partial charge >= 0.3 is 0 Å². The van der Waals surface area contributed by atoms with Crippen molar-refractivity contribution in [1.82, 2.24) is 10.1 Å².